The highest BCUT2D eigenvalue weighted by atomic mass is 16.4. The molecule has 0 fully saturated rings. The van der Waals surface area contributed by atoms with Gasteiger partial charge in [-0.1, -0.05) is 30.3 Å². The summed E-state index contributed by atoms with van der Waals surface area (Å²) < 4.78 is 0. The maximum atomic E-state index is 12.6. The van der Waals surface area contributed by atoms with Gasteiger partial charge < -0.3 is 15.2 Å². The van der Waals surface area contributed by atoms with Crippen molar-refractivity contribution >= 4 is 35.1 Å². The fourth-order valence-electron chi connectivity index (χ4n) is 3.10. The largest absolute Gasteiger partial charge is 0.545 e. The number of nitrogens with zero attached hydrogens (tertiary/aromatic N) is 1. The molecule has 0 unspecified atom stereocenters. The van der Waals surface area contributed by atoms with Gasteiger partial charge in [-0.25, -0.2) is 4.90 Å². The number of fused-ring (bicyclic) bond motifs is 1. The molecule has 0 spiro atoms. The highest BCUT2D eigenvalue weighted by molar-refractivity contribution is 6.34. The first-order valence-electron chi connectivity index (χ1n) is 8.66. The number of anilines is 2. The van der Waals surface area contributed by atoms with Crippen LogP contribution in [-0.2, 0) is 0 Å². The van der Waals surface area contributed by atoms with E-state index in [0.29, 0.717) is 16.8 Å². The van der Waals surface area contributed by atoms with Crippen LogP contribution in [0.4, 0.5) is 11.4 Å². The second-order valence-corrected chi connectivity index (χ2v) is 6.36. The smallest absolute Gasteiger partial charge is 0.266 e. The minimum absolute atomic E-state index is 0.00405. The molecule has 1 heterocycles. The van der Waals surface area contributed by atoms with Gasteiger partial charge in [0.2, 0.25) is 0 Å². The van der Waals surface area contributed by atoms with Gasteiger partial charge in [0.15, 0.2) is 0 Å². The van der Waals surface area contributed by atoms with Gasteiger partial charge in [-0.15, -0.1) is 0 Å². The van der Waals surface area contributed by atoms with Gasteiger partial charge in [-0.2, -0.15) is 0 Å². The molecule has 7 nitrogen and oxygen atoms in total. The van der Waals surface area contributed by atoms with Crippen LogP contribution in [0.5, 0.6) is 0 Å². The number of benzene rings is 3. The monoisotopic (exact) mass is 385 g/mol. The van der Waals surface area contributed by atoms with Crippen molar-refractivity contribution in [2.45, 2.75) is 0 Å². The predicted molar refractivity (Wildman–Crippen MR) is 103 cm³/mol. The van der Waals surface area contributed by atoms with Crippen LogP contribution >= 0.6 is 0 Å². The van der Waals surface area contributed by atoms with Crippen LogP contribution in [0.25, 0.3) is 0 Å². The average molecular weight is 385 g/mol. The average Bonchev–Trinajstić information content (AvgIpc) is 2.99. The van der Waals surface area contributed by atoms with Crippen LogP contribution in [-0.4, -0.2) is 23.7 Å². The molecule has 0 bridgehead atoms. The molecule has 0 saturated carbocycles. The van der Waals surface area contributed by atoms with E-state index >= 15 is 0 Å². The van der Waals surface area contributed by atoms with Gasteiger partial charge in [-0.05, 0) is 48.0 Å². The Balaban J connectivity index is 1.58. The zero-order valence-electron chi connectivity index (χ0n) is 14.9. The van der Waals surface area contributed by atoms with E-state index in [-0.39, 0.29) is 16.8 Å². The topological polar surface area (TPSA) is 107 Å². The SMILES string of the molecule is O=C([O-])c1ccc(NC(=O)c2cccc(N3C(=O)c4ccccc4C3=O)c2)cc1. The number of imide groups is 1. The van der Waals surface area contributed by atoms with E-state index < -0.39 is 23.7 Å². The lowest BCUT2D eigenvalue weighted by atomic mass is 10.1. The Bertz CT molecular complexity index is 1130. The van der Waals surface area contributed by atoms with Gasteiger partial charge in [0, 0.05) is 11.3 Å². The van der Waals surface area contributed by atoms with Crippen molar-refractivity contribution in [2.24, 2.45) is 0 Å². The van der Waals surface area contributed by atoms with Crippen molar-refractivity contribution in [2.75, 3.05) is 10.2 Å². The number of hydrogen-bond donors (Lipinski definition) is 1. The first-order chi connectivity index (χ1) is 14.0. The van der Waals surface area contributed by atoms with Crippen molar-refractivity contribution in [3.05, 3.63) is 95.1 Å². The van der Waals surface area contributed by atoms with Crippen LogP contribution < -0.4 is 15.3 Å². The molecule has 0 aliphatic carbocycles. The number of carbonyl (C=O) groups is 4. The zero-order chi connectivity index (χ0) is 20.5. The highest BCUT2D eigenvalue weighted by Gasteiger charge is 2.36. The summed E-state index contributed by atoms with van der Waals surface area (Å²) in [7, 11) is 0. The molecule has 29 heavy (non-hydrogen) atoms. The number of aromatic carboxylic acids is 1. The Kier molecular flexibility index (Phi) is 4.40. The first-order valence-corrected chi connectivity index (χ1v) is 8.66. The second-order valence-electron chi connectivity index (χ2n) is 6.36. The van der Waals surface area contributed by atoms with E-state index in [1.165, 1.54) is 30.3 Å². The fourth-order valence-corrected chi connectivity index (χ4v) is 3.10. The third-order valence-corrected chi connectivity index (χ3v) is 4.54. The molecule has 7 heteroatoms. The normalized spacial score (nSPS) is 12.6. The van der Waals surface area contributed by atoms with E-state index in [2.05, 4.69) is 5.32 Å². The zero-order valence-corrected chi connectivity index (χ0v) is 14.9. The molecule has 142 valence electrons. The fraction of sp³-hybridized carbons (Fsp3) is 0. The molecule has 1 aliphatic rings. The lowest BCUT2D eigenvalue weighted by molar-refractivity contribution is -0.255. The summed E-state index contributed by atoms with van der Waals surface area (Å²) in [6.45, 7) is 0. The number of carbonyl (C=O) groups excluding carboxylic acids is 4. The van der Waals surface area contributed by atoms with Crippen LogP contribution in [0.2, 0.25) is 0 Å². The lowest BCUT2D eigenvalue weighted by Crippen LogP contribution is -2.29. The third kappa shape index (κ3) is 3.25. The molecular weight excluding hydrogens is 372 g/mol. The number of rotatable bonds is 4. The Morgan fingerprint density at radius 1 is 0.759 bits per heavy atom. The van der Waals surface area contributed by atoms with Gasteiger partial charge in [0.05, 0.1) is 22.8 Å². The van der Waals surface area contributed by atoms with Crippen molar-refractivity contribution < 1.29 is 24.3 Å². The van der Waals surface area contributed by atoms with E-state index in [0.717, 1.165) is 4.90 Å². The van der Waals surface area contributed by atoms with E-state index in [1.807, 2.05) is 0 Å². The Labute approximate surface area is 165 Å². The molecule has 1 aliphatic heterocycles. The van der Waals surface area contributed by atoms with Gasteiger partial charge in [0.1, 0.15) is 0 Å². The Hall–Kier alpha value is -4.26. The third-order valence-electron chi connectivity index (χ3n) is 4.54. The molecule has 0 aromatic heterocycles. The maximum absolute atomic E-state index is 12.6. The van der Waals surface area contributed by atoms with Gasteiger partial charge in [-0.3, -0.25) is 14.4 Å². The summed E-state index contributed by atoms with van der Waals surface area (Å²) in [6.07, 6.45) is 0. The molecular formula is C22H13N2O5-. The highest BCUT2D eigenvalue weighted by Crippen LogP contribution is 2.28. The number of amides is 3. The number of carboxylic acids is 1. The van der Waals surface area contributed by atoms with Crippen LogP contribution in [0.15, 0.2) is 72.8 Å². The van der Waals surface area contributed by atoms with E-state index in [1.54, 1.807) is 42.5 Å². The molecule has 0 atom stereocenters. The number of carboxylic acid groups (broad SMARTS) is 1. The van der Waals surface area contributed by atoms with Crippen LogP contribution in [0, 0.1) is 0 Å². The summed E-state index contributed by atoms with van der Waals surface area (Å²) in [5, 5.41) is 13.4. The van der Waals surface area contributed by atoms with Crippen molar-refractivity contribution in [3.8, 4) is 0 Å². The molecule has 3 amide bonds. The molecule has 4 rings (SSSR count). The first kappa shape index (κ1) is 18.1. The maximum Gasteiger partial charge on any atom is 0.266 e. The summed E-state index contributed by atoms with van der Waals surface area (Å²) in [6, 6.07) is 18.2. The Morgan fingerprint density at radius 2 is 1.38 bits per heavy atom. The number of nitrogens with one attached hydrogen (secondary N) is 1. The minimum atomic E-state index is -1.31. The second kappa shape index (κ2) is 7.05. The quantitative estimate of drug-likeness (QED) is 0.692. The predicted octanol–water partition coefficient (Wildman–Crippen LogP) is 2.10. The van der Waals surface area contributed by atoms with E-state index in [4.69, 9.17) is 0 Å². The summed E-state index contributed by atoms with van der Waals surface area (Å²) in [5.74, 6) is -2.66. The number of hydrogen-bond acceptors (Lipinski definition) is 5. The molecule has 3 aromatic carbocycles. The molecule has 3 aromatic rings. The van der Waals surface area contributed by atoms with Crippen LogP contribution in [0.3, 0.4) is 0 Å². The molecule has 0 saturated heterocycles. The molecule has 1 N–H and O–H groups in total. The van der Waals surface area contributed by atoms with Gasteiger partial charge in [0.25, 0.3) is 17.7 Å². The van der Waals surface area contributed by atoms with Crippen molar-refractivity contribution in [3.63, 3.8) is 0 Å². The minimum Gasteiger partial charge on any atom is -0.545 e. The standard InChI is InChI=1S/C22H14N2O5/c25-19(23-15-10-8-13(9-11-15)22(28)29)14-4-3-5-16(12-14)24-20(26)17-6-1-2-7-18(17)21(24)27/h1-12H,(H,23,25)(H,28,29)/p-1. The summed E-state index contributed by atoms with van der Waals surface area (Å²) in [5.41, 5.74) is 1.56. The summed E-state index contributed by atoms with van der Waals surface area (Å²) >= 11 is 0. The Morgan fingerprint density at radius 3 is 1.97 bits per heavy atom. The lowest BCUT2D eigenvalue weighted by Gasteiger charge is -2.15. The summed E-state index contributed by atoms with van der Waals surface area (Å²) in [4.78, 5) is 49.6. The van der Waals surface area contributed by atoms with Crippen molar-refractivity contribution in [1.29, 1.82) is 0 Å². The van der Waals surface area contributed by atoms with Gasteiger partial charge >= 0.3 is 0 Å². The van der Waals surface area contributed by atoms with Crippen molar-refractivity contribution in [1.82, 2.24) is 0 Å². The molecule has 0 radical (unpaired) electrons. The van der Waals surface area contributed by atoms with Crippen LogP contribution in [0.1, 0.15) is 41.4 Å². The van der Waals surface area contributed by atoms with E-state index in [9.17, 15) is 24.3 Å².